The van der Waals surface area contributed by atoms with E-state index in [2.05, 4.69) is 15.4 Å². The maximum atomic E-state index is 12.4. The summed E-state index contributed by atoms with van der Waals surface area (Å²) in [6, 6.07) is 17.9. The van der Waals surface area contributed by atoms with Gasteiger partial charge < -0.3 is 10.1 Å². The number of esters is 1. The fraction of sp³-hybridized carbons (Fsp3) is 0.136. The highest BCUT2D eigenvalue weighted by molar-refractivity contribution is 5.92. The zero-order chi connectivity index (χ0) is 21.8. The Labute approximate surface area is 176 Å². The van der Waals surface area contributed by atoms with Crippen LogP contribution in [0.5, 0.6) is 0 Å². The number of ether oxygens (including phenoxy) is 1. The molecule has 2 aromatic carbocycles. The molecule has 1 amide bonds. The molecule has 0 radical (unpaired) electrons. The second-order valence-electron chi connectivity index (χ2n) is 6.82. The van der Waals surface area contributed by atoms with Crippen LogP contribution < -0.4 is 10.9 Å². The van der Waals surface area contributed by atoms with Crippen molar-refractivity contribution in [2.45, 2.75) is 13.5 Å². The first-order valence-corrected chi connectivity index (χ1v) is 9.53. The third-order valence-electron chi connectivity index (χ3n) is 4.49. The van der Waals surface area contributed by atoms with E-state index in [4.69, 9.17) is 4.74 Å². The molecular weight excluding hydrogens is 398 g/mol. The SMILES string of the molecule is Cc1cc(NC(=O)COC(=O)Cn2cnc3ccccc3c2=O)n(-c2ccccc2)n1. The molecule has 1 N–H and O–H groups in total. The summed E-state index contributed by atoms with van der Waals surface area (Å²) in [7, 11) is 0. The summed E-state index contributed by atoms with van der Waals surface area (Å²) < 4.78 is 7.77. The van der Waals surface area contributed by atoms with Crippen molar-refractivity contribution >= 4 is 28.6 Å². The van der Waals surface area contributed by atoms with Crippen molar-refractivity contribution in [3.8, 4) is 5.69 Å². The van der Waals surface area contributed by atoms with Gasteiger partial charge in [-0.15, -0.1) is 0 Å². The van der Waals surface area contributed by atoms with Crippen molar-refractivity contribution in [2.75, 3.05) is 11.9 Å². The third kappa shape index (κ3) is 4.50. The van der Waals surface area contributed by atoms with Crippen LogP contribution in [0.15, 0.2) is 71.8 Å². The topological polar surface area (TPSA) is 108 Å². The molecule has 156 valence electrons. The molecule has 2 aromatic heterocycles. The largest absolute Gasteiger partial charge is 0.454 e. The monoisotopic (exact) mass is 417 g/mol. The van der Waals surface area contributed by atoms with Gasteiger partial charge in [-0.3, -0.25) is 19.0 Å². The Bertz CT molecular complexity index is 1310. The Kier molecular flexibility index (Phi) is 5.57. The van der Waals surface area contributed by atoms with Crippen LogP contribution in [0.3, 0.4) is 0 Å². The fourth-order valence-electron chi connectivity index (χ4n) is 3.08. The van der Waals surface area contributed by atoms with E-state index in [-0.39, 0.29) is 12.1 Å². The summed E-state index contributed by atoms with van der Waals surface area (Å²) in [5, 5.41) is 7.46. The van der Waals surface area contributed by atoms with E-state index in [1.165, 1.54) is 6.33 Å². The summed E-state index contributed by atoms with van der Waals surface area (Å²) in [4.78, 5) is 41.0. The smallest absolute Gasteiger partial charge is 0.326 e. The van der Waals surface area contributed by atoms with Crippen molar-refractivity contribution in [1.82, 2.24) is 19.3 Å². The van der Waals surface area contributed by atoms with Gasteiger partial charge in [0, 0.05) is 6.07 Å². The molecule has 0 spiro atoms. The summed E-state index contributed by atoms with van der Waals surface area (Å²) in [5.74, 6) is -0.781. The predicted octanol–water partition coefficient (Wildman–Crippen LogP) is 2.07. The summed E-state index contributed by atoms with van der Waals surface area (Å²) in [6.07, 6.45) is 1.28. The van der Waals surface area contributed by atoms with Crippen LogP contribution in [0.25, 0.3) is 16.6 Å². The van der Waals surface area contributed by atoms with Gasteiger partial charge in [-0.25, -0.2) is 9.67 Å². The minimum absolute atomic E-state index is 0.342. The van der Waals surface area contributed by atoms with Gasteiger partial charge in [-0.05, 0) is 31.2 Å². The quantitative estimate of drug-likeness (QED) is 0.481. The number of aryl methyl sites for hydroxylation is 1. The minimum Gasteiger partial charge on any atom is -0.454 e. The maximum Gasteiger partial charge on any atom is 0.326 e. The van der Waals surface area contributed by atoms with Gasteiger partial charge in [0.25, 0.3) is 11.5 Å². The number of hydrogen-bond donors (Lipinski definition) is 1. The molecule has 9 nitrogen and oxygen atoms in total. The van der Waals surface area contributed by atoms with E-state index in [1.807, 2.05) is 37.3 Å². The van der Waals surface area contributed by atoms with Crippen LogP contribution in [-0.2, 0) is 20.9 Å². The molecule has 0 aliphatic heterocycles. The minimum atomic E-state index is -0.720. The number of nitrogens with zero attached hydrogens (tertiary/aromatic N) is 4. The van der Waals surface area contributed by atoms with Crippen LogP contribution in [-0.4, -0.2) is 37.8 Å². The molecule has 0 saturated heterocycles. The van der Waals surface area contributed by atoms with Crippen molar-refractivity contribution in [3.05, 3.63) is 83.0 Å². The molecule has 31 heavy (non-hydrogen) atoms. The van der Waals surface area contributed by atoms with Crippen molar-refractivity contribution in [3.63, 3.8) is 0 Å². The molecule has 0 fully saturated rings. The summed E-state index contributed by atoms with van der Waals surface area (Å²) in [5.41, 5.74) is 1.70. The van der Waals surface area contributed by atoms with Gasteiger partial charge >= 0.3 is 5.97 Å². The van der Waals surface area contributed by atoms with Crippen molar-refractivity contribution in [2.24, 2.45) is 0 Å². The lowest BCUT2D eigenvalue weighted by Crippen LogP contribution is -2.28. The van der Waals surface area contributed by atoms with E-state index in [1.54, 1.807) is 35.0 Å². The molecule has 0 unspecified atom stereocenters. The maximum absolute atomic E-state index is 12.4. The lowest BCUT2D eigenvalue weighted by molar-refractivity contribution is -0.147. The van der Waals surface area contributed by atoms with Gasteiger partial charge in [0.05, 0.1) is 28.6 Å². The van der Waals surface area contributed by atoms with Gasteiger partial charge in [0.1, 0.15) is 12.4 Å². The number of fused-ring (bicyclic) bond motifs is 1. The molecule has 4 aromatic rings. The molecular formula is C22H19N5O4. The summed E-state index contributed by atoms with van der Waals surface area (Å²) >= 11 is 0. The van der Waals surface area contributed by atoms with Crippen LogP contribution >= 0.6 is 0 Å². The molecule has 0 saturated carbocycles. The Balaban J connectivity index is 1.38. The first-order chi connectivity index (χ1) is 15.0. The lowest BCUT2D eigenvalue weighted by atomic mass is 10.2. The van der Waals surface area contributed by atoms with Gasteiger partial charge in [-0.1, -0.05) is 30.3 Å². The Morgan fingerprint density at radius 3 is 2.61 bits per heavy atom. The van der Waals surface area contributed by atoms with Crippen LogP contribution in [0, 0.1) is 6.92 Å². The number of benzene rings is 2. The molecule has 9 heteroatoms. The Morgan fingerprint density at radius 2 is 1.81 bits per heavy atom. The molecule has 0 bridgehead atoms. The molecule has 0 atom stereocenters. The van der Waals surface area contributed by atoms with Crippen LogP contribution in [0.1, 0.15) is 5.69 Å². The fourth-order valence-corrected chi connectivity index (χ4v) is 3.08. The van der Waals surface area contributed by atoms with E-state index in [0.717, 1.165) is 15.9 Å². The second kappa shape index (κ2) is 8.62. The number of anilines is 1. The zero-order valence-electron chi connectivity index (χ0n) is 16.7. The van der Waals surface area contributed by atoms with Crippen LogP contribution in [0.2, 0.25) is 0 Å². The number of hydrogen-bond acceptors (Lipinski definition) is 6. The highest BCUT2D eigenvalue weighted by Crippen LogP contribution is 2.16. The normalized spacial score (nSPS) is 10.7. The molecule has 0 aliphatic carbocycles. The molecule has 0 aliphatic rings. The highest BCUT2D eigenvalue weighted by atomic mass is 16.5. The molecule has 2 heterocycles. The molecule has 4 rings (SSSR count). The van der Waals surface area contributed by atoms with E-state index < -0.39 is 18.5 Å². The lowest BCUT2D eigenvalue weighted by Gasteiger charge is -2.10. The Morgan fingerprint density at radius 1 is 1.06 bits per heavy atom. The number of carbonyl (C=O) groups is 2. The van der Waals surface area contributed by atoms with E-state index in [0.29, 0.717) is 16.7 Å². The van der Waals surface area contributed by atoms with E-state index in [9.17, 15) is 14.4 Å². The van der Waals surface area contributed by atoms with E-state index >= 15 is 0 Å². The van der Waals surface area contributed by atoms with Crippen LogP contribution in [0.4, 0.5) is 5.82 Å². The number of rotatable bonds is 6. The average molecular weight is 417 g/mol. The number of carbonyl (C=O) groups excluding carboxylic acids is 2. The highest BCUT2D eigenvalue weighted by Gasteiger charge is 2.14. The van der Waals surface area contributed by atoms with Gasteiger partial charge in [0.2, 0.25) is 0 Å². The first kappa shape index (κ1) is 20.0. The van der Waals surface area contributed by atoms with Crippen molar-refractivity contribution < 1.29 is 14.3 Å². The average Bonchev–Trinajstić information content (AvgIpc) is 3.15. The van der Waals surface area contributed by atoms with Gasteiger partial charge in [-0.2, -0.15) is 5.10 Å². The number of para-hydroxylation sites is 2. The standard InChI is InChI=1S/C22H19N5O4/c1-15-11-19(27(25-15)16-7-3-2-4-8-16)24-20(28)13-31-21(29)12-26-14-23-18-10-6-5-9-17(18)22(26)30/h2-11,14H,12-13H2,1H3,(H,24,28). The number of aromatic nitrogens is 4. The van der Waals surface area contributed by atoms with Crippen molar-refractivity contribution in [1.29, 1.82) is 0 Å². The number of amides is 1. The number of nitrogens with one attached hydrogen (secondary N) is 1. The second-order valence-corrected chi connectivity index (χ2v) is 6.82. The summed E-state index contributed by atoms with van der Waals surface area (Å²) in [6.45, 7) is 0.975. The Hall–Kier alpha value is -4.27. The third-order valence-corrected chi connectivity index (χ3v) is 4.49. The zero-order valence-corrected chi connectivity index (χ0v) is 16.7. The first-order valence-electron chi connectivity index (χ1n) is 9.53. The predicted molar refractivity (Wildman–Crippen MR) is 114 cm³/mol. The van der Waals surface area contributed by atoms with Gasteiger partial charge in [0.15, 0.2) is 6.61 Å².